The van der Waals surface area contributed by atoms with Crippen LogP contribution < -0.4 is 10.6 Å². The highest BCUT2D eigenvalue weighted by Crippen LogP contribution is 2.18. The van der Waals surface area contributed by atoms with Gasteiger partial charge in [0, 0.05) is 22.5 Å². The van der Waals surface area contributed by atoms with Crippen molar-refractivity contribution < 1.29 is 14.1 Å². The van der Waals surface area contributed by atoms with E-state index in [1.807, 2.05) is 84.9 Å². The van der Waals surface area contributed by atoms with Crippen LogP contribution >= 0.6 is 0 Å². The lowest BCUT2D eigenvalue weighted by atomic mass is 10.0. The highest BCUT2D eigenvalue weighted by atomic mass is 16.2. The van der Waals surface area contributed by atoms with Crippen LogP contribution in [-0.4, -0.2) is 44.0 Å². The molecule has 0 aromatic heterocycles. The summed E-state index contributed by atoms with van der Waals surface area (Å²) in [4.78, 5) is 25.4. The predicted molar refractivity (Wildman–Crippen MR) is 188 cm³/mol. The van der Waals surface area contributed by atoms with Crippen LogP contribution in [0.5, 0.6) is 0 Å². The van der Waals surface area contributed by atoms with Crippen LogP contribution in [0.2, 0.25) is 0 Å². The molecule has 0 radical (unpaired) electrons. The van der Waals surface area contributed by atoms with Gasteiger partial charge in [0.2, 0.25) is 0 Å². The number of carbonyl (C=O) groups is 2. The number of amides is 2. The van der Waals surface area contributed by atoms with Crippen molar-refractivity contribution in [3.8, 4) is 0 Å². The largest absolute Gasteiger partial charge is 0.331 e. The lowest BCUT2D eigenvalue weighted by Gasteiger charge is -2.23. The van der Waals surface area contributed by atoms with Crippen LogP contribution in [0.25, 0.3) is 0 Å². The van der Waals surface area contributed by atoms with E-state index < -0.39 is 0 Å². The van der Waals surface area contributed by atoms with Gasteiger partial charge in [-0.15, -0.1) is 0 Å². The van der Waals surface area contributed by atoms with E-state index in [0.717, 1.165) is 46.2 Å². The summed E-state index contributed by atoms with van der Waals surface area (Å²) in [6.45, 7) is 3.35. The first kappa shape index (κ1) is 33.7. The number of rotatable bonds is 16. The Hall–Kier alpha value is -4.22. The first-order valence-corrected chi connectivity index (χ1v) is 16.5. The van der Waals surface area contributed by atoms with Crippen LogP contribution in [-0.2, 0) is 19.3 Å². The Morgan fingerprint density at radius 3 is 1.36 bits per heavy atom. The van der Waals surface area contributed by atoms with Gasteiger partial charge in [-0.3, -0.25) is 9.59 Å². The molecule has 5 heteroatoms. The van der Waals surface area contributed by atoms with Crippen LogP contribution in [0.1, 0.15) is 88.4 Å². The minimum Gasteiger partial charge on any atom is -0.331 e. The molecule has 0 aliphatic carbocycles. The molecule has 0 saturated heterocycles. The number of benzene rings is 4. The zero-order valence-electron chi connectivity index (χ0n) is 27.6. The normalized spacial score (nSPS) is 11.3. The molecule has 5 nitrogen and oxygen atoms in total. The molecule has 0 saturated carbocycles. The van der Waals surface area contributed by atoms with E-state index in [0.29, 0.717) is 11.1 Å². The van der Waals surface area contributed by atoms with E-state index in [4.69, 9.17) is 0 Å². The Bertz CT molecular complexity index is 1480. The molecule has 2 N–H and O–H groups in total. The van der Waals surface area contributed by atoms with Crippen molar-refractivity contribution in [3.05, 3.63) is 130 Å². The number of anilines is 2. The predicted octanol–water partition coefficient (Wildman–Crippen LogP) is 8.93. The minimum absolute atomic E-state index is 0.0953. The zero-order valence-corrected chi connectivity index (χ0v) is 27.6. The van der Waals surface area contributed by atoms with Crippen LogP contribution in [0, 0.1) is 0 Å². The molecule has 2 amide bonds. The van der Waals surface area contributed by atoms with Gasteiger partial charge in [0.1, 0.15) is 0 Å². The van der Waals surface area contributed by atoms with Gasteiger partial charge in [-0.1, -0.05) is 74.7 Å². The second-order valence-electron chi connectivity index (χ2n) is 13.1. The SMILES string of the molecule is CCc1ccc(C(=O)Nc2ccc(Cc3ccc(NC(=O)c4ccc(CCCCCCCC[N+](C)(C)C)cc4)cc3)cc2)cc1. The molecule has 4 aromatic rings. The third-order valence-corrected chi connectivity index (χ3v) is 8.22. The molecule has 4 rings (SSSR count). The molecule has 0 aliphatic heterocycles. The summed E-state index contributed by atoms with van der Waals surface area (Å²) < 4.78 is 1.05. The van der Waals surface area contributed by atoms with E-state index in [2.05, 4.69) is 50.8 Å². The summed E-state index contributed by atoms with van der Waals surface area (Å²) in [7, 11) is 6.77. The summed E-state index contributed by atoms with van der Waals surface area (Å²) in [5.41, 5.74) is 7.67. The summed E-state index contributed by atoms with van der Waals surface area (Å²) >= 11 is 0. The van der Waals surface area contributed by atoms with E-state index in [1.54, 1.807) is 0 Å². The molecule has 236 valence electrons. The Balaban J connectivity index is 1.17. The number of unbranched alkanes of at least 4 members (excludes halogenated alkanes) is 5. The third-order valence-electron chi connectivity index (χ3n) is 8.22. The minimum atomic E-state index is -0.109. The summed E-state index contributed by atoms with van der Waals surface area (Å²) in [5.74, 6) is -0.205. The number of nitrogens with zero attached hydrogens (tertiary/aromatic N) is 1. The van der Waals surface area contributed by atoms with Crippen molar-refractivity contribution in [2.45, 2.75) is 64.7 Å². The Morgan fingerprint density at radius 2 is 0.911 bits per heavy atom. The standard InChI is InChI=1S/C40H49N3O2/c1-5-31-13-21-35(22-14-31)39(44)41-37-25-17-33(18-26-37)30-34-19-27-38(28-20-34)42-40(45)36-23-15-32(16-24-36)12-10-8-6-7-9-11-29-43(2,3)4/h13-28H,5-12,29-30H2,1-4H3,(H-,41,42,44,45)/p+1. The fourth-order valence-corrected chi connectivity index (χ4v) is 5.39. The number of hydrogen-bond acceptors (Lipinski definition) is 2. The van der Waals surface area contributed by atoms with Gasteiger partial charge in [-0.05, 0) is 109 Å². The molecule has 0 bridgehead atoms. The summed E-state index contributed by atoms with van der Waals surface area (Å²) in [6.07, 6.45) is 10.5. The molecule has 0 atom stereocenters. The maximum absolute atomic E-state index is 12.8. The van der Waals surface area contributed by atoms with E-state index in [1.165, 1.54) is 56.2 Å². The average Bonchev–Trinajstić information content (AvgIpc) is 3.04. The van der Waals surface area contributed by atoms with E-state index >= 15 is 0 Å². The topological polar surface area (TPSA) is 58.2 Å². The van der Waals surface area contributed by atoms with Gasteiger partial charge < -0.3 is 15.1 Å². The number of quaternary nitrogens is 1. The van der Waals surface area contributed by atoms with Crippen LogP contribution in [0.15, 0.2) is 97.1 Å². The second-order valence-corrected chi connectivity index (χ2v) is 13.1. The highest BCUT2D eigenvalue weighted by Gasteiger charge is 2.09. The third kappa shape index (κ3) is 11.7. The fourth-order valence-electron chi connectivity index (χ4n) is 5.39. The molecule has 0 unspecified atom stereocenters. The second kappa shape index (κ2) is 16.7. The number of nitrogens with one attached hydrogen (secondary N) is 2. The fraction of sp³-hybridized carbons (Fsp3) is 0.350. The Kier molecular flexibility index (Phi) is 12.5. The molecule has 45 heavy (non-hydrogen) atoms. The number of carbonyl (C=O) groups excluding carboxylic acids is 2. The van der Waals surface area contributed by atoms with Gasteiger partial charge >= 0.3 is 0 Å². The zero-order chi connectivity index (χ0) is 32.1. The quantitative estimate of drug-likeness (QED) is 0.0991. The lowest BCUT2D eigenvalue weighted by molar-refractivity contribution is -0.870. The average molecular weight is 605 g/mol. The maximum atomic E-state index is 12.8. The number of hydrogen-bond donors (Lipinski definition) is 2. The van der Waals surface area contributed by atoms with Crippen molar-refractivity contribution in [3.63, 3.8) is 0 Å². The first-order chi connectivity index (χ1) is 21.7. The van der Waals surface area contributed by atoms with Crippen molar-refractivity contribution in [2.75, 3.05) is 38.3 Å². The van der Waals surface area contributed by atoms with Crippen molar-refractivity contribution in [1.29, 1.82) is 0 Å². The van der Waals surface area contributed by atoms with Gasteiger partial charge in [-0.25, -0.2) is 0 Å². The molecule has 0 aliphatic rings. The number of aryl methyl sites for hydroxylation is 2. The molecular formula is C40H50N3O2+. The van der Waals surface area contributed by atoms with Crippen molar-refractivity contribution >= 4 is 23.2 Å². The lowest BCUT2D eigenvalue weighted by Crippen LogP contribution is -2.35. The molecule has 0 heterocycles. The van der Waals surface area contributed by atoms with E-state index in [-0.39, 0.29) is 11.8 Å². The van der Waals surface area contributed by atoms with Crippen LogP contribution in [0.3, 0.4) is 0 Å². The Labute approximate surface area is 270 Å². The molecular weight excluding hydrogens is 554 g/mol. The highest BCUT2D eigenvalue weighted by molar-refractivity contribution is 6.04. The smallest absolute Gasteiger partial charge is 0.255 e. The maximum Gasteiger partial charge on any atom is 0.255 e. The molecule has 0 spiro atoms. The monoisotopic (exact) mass is 604 g/mol. The molecule has 4 aromatic carbocycles. The first-order valence-electron chi connectivity index (χ1n) is 16.5. The van der Waals surface area contributed by atoms with Gasteiger partial charge in [0.05, 0.1) is 27.7 Å². The Morgan fingerprint density at radius 1 is 0.511 bits per heavy atom. The summed E-state index contributed by atoms with van der Waals surface area (Å²) in [6, 6.07) is 31.6. The van der Waals surface area contributed by atoms with Gasteiger partial charge in [0.25, 0.3) is 11.8 Å². The van der Waals surface area contributed by atoms with Crippen LogP contribution in [0.4, 0.5) is 11.4 Å². The van der Waals surface area contributed by atoms with E-state index in [9.17, 15) is 9.59 Å². The van der Waals surface area contributed by atoms with Gasteiger partial charge in [-0.2, -0.15) is 0 Å². The molecule has 0 fully saturated rings. The van der Waals surface area contributed by atoms with Crippen molar-refractivity contribution in [1.82, 2.24) is 0 Å². The van der Waals surface area contributed by atoms with Gasteiger partial charge in [0.15, 0.2) is 0 Å². The summed E-state index contributed by atoms with van der Waals surface area (Å²) in [5, 5.41) is 5.99. The van der Waals surface area contributed by atoms with Crippen molar-refractivity contribution in [2.24, 2.45) is 0 Å².